The molecular weight excluding hydrogens is 1180 g/mol. The summed E-state index contributed by atoms with van der Waals surface area (Å²) in [6, 6.07) is 52.0. The van der Waals surface area contributed by atoms with Crippen molar-refractivity contribution in [3.8, 4) is 52.1 Å². The van der Waals surface area contributed by atoms with E-state index in [0.717, 1.165) is 69.4 Å². The molecule has 8 aromatic carbocycles. The predicted octanol–water partition coefficient (Wildman–Crippen LogP) is 17.8. The first kappa shape index (κ1) is 66.4. The Morgan fingerprint density at radius 2 is 0.897 bits per heavy atom. The third kappa shape index (κ3) is 15.9. The highest BCUT2D eigenvalue weighted by Gasteiger charge is 2.32. The van der Waals surface area contributed by atoms with Crippen molar-refractivity contribution in [2.24, 2.45) is 0 Å². The van der Waals surface area contributed by atoms with Crippen LogP contribution in [0.3, 0.4) is 0 Å². The Balaban J connectivity index is 0.000000166. The molecule has 17 heteroatoms. The molecule has 2 aliphatic rings. The number of ether oxygens (including phenoxy) is 6. The Morgan fingerprint density at radius 3 is 1.34 bits per heavy atom. The molecule has 13 nitrogen and oxygen atoms in total. The third-order valence-corrected chi connectivity index (χ3v) is 19.1. The number of hydrogen-bond acceptors (Lipinski definition) is 16. The predicted molar refractivity (Wildman–Crippen MR) is 345 cm³/mol. The minimum atomic E-state index is -0.798. The largest absolute Gasteiger partial charge is 0.504 e. The van der Waals surface area contributed by atoms with E-state index in [0.29, 0.717) is 63.4 Å². The number of fused-ring (bicyclic) bond motifs is 4. The van der Waals surface area contributed by atoms with E-state index >= 15 is 0 Å². The van der Waals surface area contributed by atoms with Gasteiger partial charge in [-0.05, 0) is 133 Å². The highest BCUT2D eigenvalue weighted by molar-refractivity contribution is 8.00. The number of aromatic hydroxyl groups is 2. The van der Waals surface area contributed by atoms with Crippen LogP contribution in [0.5, 0.6) is 46.0 Å². The maximum atomic E-state index is 13.0. The zero-order chi connectivity index (χ0) is 62.7. The molecule has 0 aliphatic carbocycles. The summed E-state index contributed by atoms with van der Waals surface area (Å²) in [5, 5.41) is 38.0. The van der Waals surface area contributed by atoms with Crippen LogP contribution in [0, 0.1) is 11.3 Å². The molecule has 0 aromatic heterocycles. The number of carboxylic acids is 1. The van der Waals surface area contributed by atoms with Gasteiger partial charge in [-0.25, -0.2) is 0 Å². The number of hydrogen-bond donors (Lipinski definition) is 3. The molecule has 0 fully saturated rings. The van der Waals surface area contributed by atoms with Crippen LogP contribution in [0.15, 0.2) is 197 Å². The second kappa shape index (κ2) is 32.0. The second-order valence-electron chi connectivity index (χ2n) is 19.7. The highest BCUT2D eigenvalue weighted by Crippen LogP contribution is 2.48. The minimum absolute atomic E-state index is 0.00440. The van der Waals surface area contributed by atoms with Crippen LogP contribution in [-0.2, 0) is 4.79 Å². The van der Waals surface area contributed by atoms with Crippen LogP contribution in [0.2, 0.25) is 0 Å². The summed E-state index contributed by atoms with van der Waals surface area (Å²) in [5.41, 5.74) is 5.22. The Morgan fingerprint density at radius 1 is 0.494 bits per heavy atom. The first-order chi connectivity index (χ1) is 42.1. The number of phenols is 2. The molecule has 87 heavy (non-hydrogen) atoms. The van der Waals surface area contributed by atoms with Gasteiger partial charge in [0.1, 0.15) is 0 Å². The Bertz CT molecular complexity index is 3750. The fourth-order valence-corrected chi connectivity index (χ4v) is 14.4. The summed E-state index contributed by atoms with van der Waals surface area (Å²) in [5.74, 6) is 1.98. The molecule has 0 radical (unpaired) electrons. The lowest BCUT2D eigenvalue weighted by molar-refractivity contribution is -0.138. The molecule has 0 bridgehead atoms. The van der Waals surface area contributed by atoms with Gasteiger partial charge in [0.2, 0.25) is 0 Å². The van der Waals surface area contributed by atoms with E-state index in [-0.39, 0.29) is 40.8 Å². The number of methoxy groups -OCH3 is 6. The number of benzene rings is 8. The van der Waals surface area contributed by atoms with Gasteiger partial charge in [-0.15, -0.1) is 0 Å². The summed E-state index contributed by atoms with van der Waals surface area (Å²) in [4.78, 5) is 45.0. The summed E-state index contributed by atoms with van der Waals surface area (Å²) in [6.45, 7) is 7.95. The Hall–Kier alpha value is -8.14. The quantitative estimate of drug-likeness (QED) is 0.0729. The number of rotatable bonds is 17. The van der Waals surface area contributed by atoms with Crippen molar-refractivity contribution < 1.29 is 58.1 Å². The van der Waals surface area contributed by atoms with E-state index in [1.807, 2.05) is 142 Å². The first-order valence-electron chi connectivity index (χ1n) is 28.2. The molecule has 4 unspecified atom stereocenters. The second-order valence-corrected chi connectivity index (χ2v) is 24.1. The van der Waals surface area contributed by atoms with Crippen molar-refractivity contribution in [3.05, 3.63) is 191 Å². The van der Waals surface area contributed by atoms with Crippen molar-refractivity contribution in [2.75, 3.05) is 42.7 Å². The normalized spacial score (nSPS) is 14.2. The Kier molecular flexibility index (Phi) is 24.4. The molecule has 0 saturated heterocycles. The summed E-state index contributed by atoms with van der Waals surface area (Å²) in [6.07, 6.45) is 2.85. The molecule has 0 saturated carbocycles. The van der Waals surface area contributed by atoms with Gasteiger partial charge in [0, 0.05) is 62.1 Å². The lowest BCUT2D eigenvalue weighted by Crippen LogP contribution is -2.12. The van der Waals surface area contributed by atoms with Crippen LogP contribution in [-0.4, -0.2) is 75.5 Å². The number of Topliss-reactive ketones (excluding diaryl/α,β-unsaturated/α-hetero) is 2. The van der Waals surface area contributed by atoms with Gasteiger partial charge in [-0.2, -0.15) is 5.26 Å². The average Bonchev–Trinajstić information content (AvgIpc) is 3.33. The molecule has 2 heterocycles. The summed E-state index contributed by atoms with van der Waals surface area (Å²) < 4.78 is 31.9. The molecule has 8 aromatic rings. The molecule has 10 rings (SSSR count). The number of aliphatic carboxylic acids is 1. The van der Waals surface area contributed by atoms with Crippen molar-refractivity contribution >= 4 is 64.6 Å². The van der Waals surface area contributed by atoms with E-state index < -0.39 is 11.9 Å². The zero-order valence-electron chi connectivity index (χ0n) is 50.2. The Labute approximate surface area is 526 Å². The van der Waals surface area contributed by atoms with Gasteiger partial charge in [0.25, 0.3) is 0 Å². The van der Waals surface area contributed by atoms with E-state index in [1.165, 1.54) is 35.7 Å². The van der Waals surface area contributed by atoms with Crippen LogP contribution in [0.25, 0.3) is 0 Å². The lowest BCUT2D eigenvalue weighted by atomic mass is 9.88. The van der Waals surface area contributed by atoms with Crippen LogP contribution >= 0.6 is 47.0 Å². The van der Waals surface area contributed by atoms with Gasteiger partial charge in [0.05, 0.1) is 60.6 Å². The van der Waals surface area contributed by atoms with Crippen LogP contribution in [0.1, 0.15) is 120 Å². The smallest absolute Gasteiger partial charge is 0.311 e. The maximum Gasteiger partial charge on any atom is 0.311 e. The molecule has 452 valence electrons. The topological polar surface area (TPSA) is 191 Å². The van der Waals surface area contributed by atoms with Gasteiger partial charge >= 0.3 is 5.97 Å². The van der Waals surface area contributed by atoms with Gasteiger partial charge in [0.15, 0.2) is 57.6 Å². The SMILES string of the molecule is CCC(C#N)c1ccccc1Sc1ccc(OC)c(OC)c1.CCC(C(=O)O)c1ccccc1Sc1ccc(OC)c(OC)c1.CCC1C(=O)c2cc(O)c(O)cc2Sc2ccccc21.CCC1C(=O)c2cc(OC)c(OC)cc2Sc2ccccc21. The van der Waals surface area contributed by atoms with E-state index in [9.17, 15) is 35.0 Å². The van der Waals surface area contributed by atoms with Gasteiger partial charge < -0.3 is 43.7 Å². The third-order valence-electron chi connectivity index (χ3n) is 14.6. The van der Waals surface area contributed by atoms with Crippen molar-refractivity contribution in [2.45, 2.75) is 116 Å². The van der Waals surface area contributed by atoms with Crippen molar-refractivity contribution in [1.82, 2.24) is 0 Å². The summed E-state index contributed by atoms with van der Waals surface area (Å²) >= 11 is 6.24. The lowest BCUT2D eigenvalue weighted by Gasteiger charge is -2.15. The number of nitrogens with zero attached hydrogens (tertiary/aromatic N) is 1. The molecule has 4 atom stereocenters. The molecule has 0 spiro atoms. The highest BCUT2D eigenvalue weighted by atomic mass is 32.2. The first-order valence-corrected chi connectivity index (χ1v) is 31.4. The minimum Gasteiger partial charge on any atom is -0.504 e. The number of carboxylic acid groups (broad SMARTS) is 1. The molecule has 3 N–H and O–H groups in total. The number of carbonyl (C=O) groups is 3. The number of nitriles is 1. The van der Waals surface area contributed by atoms with Gasteiger partial charge in [-0.3, -0.25) is 14.4 Å². The van der Waals surface area contributed by atoms with Gasteiger partial charge in [-0.1, -0.05) is 148 Å². The molecular formula is C70H71NO12S4. The fraction of sp³-hybridized carbons (Fsp3) is 0.257. The van der Waals surface area contributed by atoms with E-state index in [2.05, 4.69) is 31.2 Å². The molecule has 0 amide bonds. The standard InChI is InChI=1S/C18H19NO2S.C18H20O4S.C18H18O3S.C16H14O3S/c1-4-13(12-19)15-7-5-6-8-18(15)22-14-9-10-16(20-2)17(11-14)21-3;1-4-13(18(19)20)14-7-5-6-8-17(14)23-12-9-10-15(21-2)16(11-12)22-3;1-4-11-12-7-5-6-8-16(12)22-17-10-15(21-3)14(20-2)9-13(17)18(11)19;1-2-9-10-5-3-4-6-14(10)20-15-8-13(18)12(17)7-11(15)16(9)19/h5-11,13H,4H2,1-3H3;5-11,13H,4H2,1-3H3,(H,19,20);5-11H,4H2,1-3H3;3-9,17-18H,2H2,1H3. The zero-order valence-corrected chi connectivity index (χ0v) is 53.5. The van der Waals surface area contributed by atoms with E-state index in [4.69, 9.17) is 28.4 Å². The fourth-order valence-electron chi connectivity index (χ4n) is 10.0. The average molecular weight is 1250 g/mol. The molecule has 2 aliphatic heterocycles. The van der Waals surface area contributed by atoms with Crippen molar-refractivity contribution in [3.63, 3.8) is 0 Å². The number of ketones is 2. The van der Waals surface area contributed by atoms with E-state index in [1.54, 1.807) is 72.2 Å². The summed E-state index contributed by atoms with van der Waals surface area (Å²) in [7, 11) is 9.64. The maximum absolute atomic E-state index is 13.0. The van der Waals surface area contributed by atoms with Crippen LogP contribution < -0.4 is 28.4 Å². The number of phenolic OH excluding ortho intramolecular Hbond substituents is 2. The monoisotopic (exact) mass is 1250 g/mol. The number of carbonyl (C=O) groups excluding carboxylic acids is 2. The van der Waals surface area contributed by atoms with Crippen molar-refractivity contribution in [1.29, 1.82) is 5.26 Å². The van der Waals surface area contributed by atoms with Crippen LogP contribution in [0.4, 0.5) is 0 Å².